The summed E-state index contributed by atoms with van der Waals surface area (Å²) in [5.74, 6) is 0.0680. The highest BCUT2D eigenvalue weighted by Crippen LogP contribution is 2.40. The molecule has 170 valence electrons. The molecule has 31 heavy (non-hydrogen) atoms. The van der Waals surface area contributed by atoms with E-state index in [1.165, 1.54) is 0 Å². The van der Waals surface area contributed by atoms with Gasteiger partial charge in [-0.05, 0) is 30.5 Å². The highest BCUT2D eigenvalue weighted by molar-refractivity contribution is 6.30. The molecule has 0 bridgehead atoms. The molecular weight excluding hydrogens is 418 g/mol. The highest BCUT2D eigenvalue weighted by Gasteiger charge is 2.47. The summed E-state index contributed by atoms with van der Waals surface area (Å²) < 4.78 is 0. The number of likely N-dealkylation sites (tertiary alicyclic amines) is 2. The first-order valence-corrected chi connectivity index (χ1v) is 11.3. The second-order valence-corrected chi connectivity index (χ2v) is 9.72. The van der Waals surface area contributed by atoms with Crippen molar-refractivity contribution in [1.82, 2.24) is 15.1 Å². The number of carboxylic acid groups (broad SMARTS) is 1. The predicted molar refractivity (Wildman–Crippen MR) is 119 cm³/mol. The zero-order chi connectivity index (χ0) is 22.8. The first-order chi connectivity index (χ1) is 14.6. The molecule has 2 aliphatic rings. The van der Waals surface area contributed by atoms with E-state index >= 15 is 0 Å². The van der Waals surface area contributed by atoms with E-state index in [0.717, 1.165) is 5.56 Å². The Kier molecular flexibility index (Phi) is 7.14. The smallest absolute Gasteiger partial charge is 0.404 e. The molecule has 0 aliphatic carbocycles. The van der Waals surface area contributed by atoms with E-state index in [1.54, 1.807) is 0 Å². The molecule has 0 radical (unpaired) electrons. The normalized spacial score (nSPS) is 24.5. The molecule has 8 heteroatoms. The molecule has 7 nitrogen and oxygen atoms in total. The molecule has 2 heterocycles. The Morgan fingerprint density at radius 2 is 1.77 bits per heavy atom. The monoisotopic (exact) mass is 449 g/mol. The third-order valence-corrected chi connectivity index (χ3v) is 7.08. The SMILES string of the molecule is CC(C)C(=O)N1CCC(C(=O)N2C[C@H](CNC(=O)O)[C@](C)(c3ccc(Cl)cc3)C2)CC1. The Morgan fingerprint density at radius 3 is 2.32 bits per heavy atom. The molecule has 1 aromatic carbocycles. The van der Waals surface area contributed by atoms with Gasteiger partial charge in [-0.25, -0.2) is 4.79 Å². The van der Waals surface area contributed by atoms with Crippen LogP contribution >= 0.6 is 11.6 Å². The van der Waals surface area contributed by atoms with Crippen molar-refractivity contribution in [2.75, 3.05) is 32.7 Å². The zero-order valence-corrected chi connectivity index (χ0v) is 19.2. The molecule has 2 atom stereocenters. The Bertz CT molecular complexity index is 821. The molecule has 2 N–H and O–H groups in total. The van der Waals surface area contributed by atoms with Crippen LogP contribution in [-0.2, 0) is 15.0 Å². The predicted octanol–water partition coefficient (Wildman–Crippen LogP) is 3.22. The quantitative estimate of drug-likeness (QED) is 0.722. The lowest BCUT2D eigenvalue weighted by atomic mass is 9.74. The maximum atomic E-state index is 13.3. The average molecular weight is 450 g/mol. The second-order valence-electron chi connectivity index (χ2n) is 9.28. The second kappa shape index (κ2) is 9.47. The van der Waals surface area contributed by atoms with Crippen LogP contribution in [-0.4, -0.2) is 65.5 Å². The molecule has 0 unspecified atom stereocenters. The fourth-order valence-electron chi connectivity index (χ4n) is 4.85. The number of nitrogens with zero attached hydrogens (tertiary/aromatic N) is 2. The van der Waals surface area contributed by atoms with Crippen LogP contribution in [0.25, 0.3) is 0 Å². The topological polar surface area (TPSA) is 90.0 Å². The van der Waals surface area contributed by atoms with E-state index in [-0.39, 0.29) is 41.5 Å². The number of piperidine rings is 1. The van der Waals surface area contributed by atoms with Gasteiger partial charge in [0.25, 0.3) is 0 Å². The van der Waals surface area contributed by atoms with Crippen LogP contribution in [0.15, 0.2) is 24.3 Å². The fraction of sp³-hybridized carbons (Fsp3) is 0.609. The van der Waals surface area contributed by atoms with Gasteiger partial charge < -0.3 is 20.2 Å². The van der Waals surface area contributed by atoms with E-state index in [0.29, 0.717) is 44.0 Å². The number of benzene rings is 1. The first-order valence-electron chi connectivity index (χ1n) is 10.9. The molecule has 0 saturated carbocycles. The minimum Gasteiger partial charge on any atom is -0.465 e. The maximum absolute atomic E-state index is 13.3. The van der Waals surface area contributed by atoms with Crippen molar-refractivity contribution in [2.24, 2.45) is 17.8 Å². The van der Waals surface area contributed by atoms with Crippen LogP contribution in [0.4, 0.5) is 4.79 Å². The fourth-order valence-corrected chi connectivity index (χ4v) is 4.98. The van der Waals surface area contributed by atoms with Crippen molar-refractivity contribution in [3.63, 3.8) is 0 Å². The molecule has 3 amide bonds. The van der Waals surface area contributed by atoms with Gasteiger partial charge in [0, 0.05) is 60.9 Å². The number of carbonyl (C=O) groups excluding carboxylic acids is 2. The van der Waals surface area contributed by atoms with Crippen LogP contribution in [0.1, 0.15) is 39.2 Å². The Labute approximate surface area is 188 Å². The molecule has 3 rings (SSSR count). The average Bonchev–Trinajstić information content (AvgIpc) is 3.09. The van der Waals surface area contributed by atoms with Gasteiger partial charge in [0.1, 0.15) is 0 Å². The summed E-state index contributed by atoms with van der Waals surface area (Å²) in [5.41, 5.74) is 0.665. The highest BCUT2D eigenvalue weighted by atomic mass is 35.5. The van der Waals surface area contributed by atoms with E-state index in [9.17, 15) is 14.4 Å². The summed E-state index contributed by atoms with van der Waals surface area (Å²) in [6.45, 7) is 8.41. The third kappa shape index (κ3) is 5.14. The molecule has 2 saturated heterocycles. The largest absolute Gasteiger partial charge is 0.465 e. The molecule has 0 spiro atoms. The van der Waals surface area contributed by atoms with Gasteiger partial charge in [0.15, 0.2) is 0 Å². The van der Waals surface area contributed by atoms with Crippen LogP contribution in [0.5, 0.6) is 0 Å². The number of nitrogens with one attached hydrogen (secondary N) is 1. The minimum atomic E-state index is -1.06. The standard InChI is InChI=1S/C23H32ClN3O4/c1-15(2)20(28)26-10-8-16(9-11-26)21(29)27-13-18(12-25-22(30)31)23(3,14-27)17-4-6-19(24)7-5-17/h4-7,15-16,18,25H,8-14H2,1-3H3,(H,30,31)/t18-,23-/m0/s1. The number of hydrogen-bond donors (Lipinski definition) is 2. The molecular formula is C23H32ClN3O4. The summed E-state index contributed by atoms with van der Waals surface area (Å²) in [7, 11) is 0. The maximum Gasteiger partial charge on any atom is 0.404 e. The zero-order valence-electron chi connectivity index (χ0n) is 18.4. The van der Waals surface area contributed by atoms with Crippen LogP contribution in [0, 0.1) is 17.8 Å². The van der Waals surface area contributed by atoms with E-state index in [1.807, 2.05) is 47.9 Å². The van der Waals surface area contributed by atoms with Crippen LogP contribution in [0.3, 0.4) is 0 Å². The number of carbonyl (C=O) groups is 3. The Hall–Kier alpha value is -2.28. The molecule has 1 aromatic rings. The van der Waals surface area contributed by atoms with Crippen molar-refractivity contribution >= 4 is 29.5 Å². The van der Waals surface area contributed by atoms with Gasteiger partial charge in [-0.15, -0.1) is 0 Å². The number of hydrogen-bond acceptors (Lipinski definition) is 3. The van der Waals surface area contributed by atoms with Crippen LogP contribution < -0.4 is 5.32 Å². The minimum absolute atomic E-state index is 0.0339. The van der Waals surface area contributed by atoms with E-state index < -0.39 is 6.09 Å². The van der Waals surface area contributed by atoms with Gasteiger partial charge in [-0.3, -0.25) is 9.59 Å². The summed E-state index contributed by atoms with van der Waals surface area (Å²) in [6.07, 6.45) is 0.276. The van der Waals surface area contributed by atoms with Crippen molar-refractivity contribution in [1.29, 1.82) is 0 Å². The first kappa shape index (κ1) is 23.4. The lowest BCUT2D eigenvalue weighted by molar-refractivity contribution is -0.141. The van der Waals surface area contributed by atoms with E-state index in [4.69, 9.17) is 16.7 Å². The summed E-state index contributed by atoms with van der Waals surface area (Å²) in [5, 5.41) is 12.2. The molecule has 2 aliphatic heterocycles. The summed E-state index contributed by atoms with van der Waals surface area (Å²) in [4.78, 5) is 40.4. The number of amides is 3. The molecule has 2 fully saturated rings. The third-order valence-electron chi connectivity index (χ3n) is 6.83. The van der Waals surface area contributed by atoms with Gasteiger partial charge in [0.05, 0.1) is 0 Å². The van der Waals surface area contributed by atoms with Crippen molar-refractivity contribution in [3.8, 4) is 0 Å². The van der Waals surface area contributed by atoms with Gasteiger partial charge in [-0.1, -0.05) is 44.5 Å². The van der Waals surface area contributed by atoms with Crippen LogP contribution in [0.2, 0.25) is 5.02 Å². The van der Waals surface area contributed by atoms with Gasteiger partial charge in [0.2, 0.25) is 11.8 Å². The van der Waals surface area contributed by atoms with Crippen molar-refractivity contribution in [2.45, 2.75) is 39.0 Å². The molecule has 0 aromatic heterocycles. The van der Waals surface area contributed by atoms with E-state index in [2.05, 4.69) is 12.2 Å². The van der Waals surface area contributed by atoms with Gasteiger partial charge >= 0.3 is 6.09 Å². The summed E-state index contributed by atoms with van der Waals surface area (Å²) in [6, 6.07) is 7.58. The van der Waals surface area contributed by atoms with Crippen molar-refractivity contribution in [3.05, 3.63) is 34.9 Å². The van der Waals surface area contributed by atoms with Gasteiger partial charge in [-0.2, -0.15) is 0 Å². The lowest BCUT2D eigenvalue weighted by Crippen LogP contribution is -2.45. The lowest BCUT2D eigenvalue weighted by Gasteiger charge is -2.34. The Morgan fingerprint density at radius 1 is 1.16 bits per heavy atom. The summed E-state index contributed by atoms with van der Waals surface area (Å²) >= 11 is 6.05. The number of rotatable bonds is 5. The Balaban J connectivity index is 1.72. The van der Waals surface area contributed by atoms with Crippen molar-refractivity contribution < 1.29 is 19.5 Å². The number of halogens is 1.